The van der Waals surface area contributed by atoms with Gasteiger partial charge in [0.2, 0.25) is 0 Å². The van der Waals surface area contributed by atoms with Gasteiger partial charge in [0.25, 0.3) is 0 Å². The highest BCUT2D eigenvalue weighted by atomic mass is 16.1. The van der Waals surface area contributed by atoms with Gasteiger partial charge in [-0.3, -0.25) is 0 Å². The Morgan fingerprint density at radius 3 is 1.79 bits per heavy atom. The van der Waals surface area contributed by atoms with E-state index in [9.17, 15) is 4.79 Å². The maximum Gasteiger partial charge on any atom is 0.127 e. The van der Waals surface area contributed by atoms with E-state index in [2.05, 4.69) is 26.0 Å². The van der Waals surface area contributed by atoms with E-state index in [0.717, 1.165) is 11.8 Å². The summed E-state index contributed by atoms with van der Waals surface area (Å²) in [6.07, 6.45) is 0.977. The summed E-state index contributed by atoms with van der Waals surface area (Å²) < 4.78 is 0. The average Bonchev–Trinajstić information content (AvgIpc) is 2.17. The van der Waals surface area contributed by atoms with Crippen molar-refractivity contribution in [3.05, 3.63) is 35.4 Å². The van der Waals surface area contributed by atoms with E-state index in [1.165, 1.54) is 5.56 Å². The van der Waals surface area contributed by atoms with Crippen LogP contribution < -0.4 is 0 Å². The smallest absolute Gasteiger partial charge is 0.127 e. The summed E-state index contributed by atoms with van der Waals surface area (Å²) in [6.45, 7) is 6.24. The molecule has 1 nitrogen and oxygen atoms in total. The van der Waals surface area contributed by atoms with Crippen LogP contribution in [0.5, 0.6) is 0 Å². The number of hydrogen-bond acceptors (Lipinski definition) is 1. The third-order valence-corrected chi connectivity index (χ3v) is 2.33. The van der Waals surface area contributed by atoms with Crippen molar-refractivity contribution in [3.63, 3.8) is 0 Å². The third kappa shape index (κ3) is 2.99. The van der Waals surface area contributed by atoms with Crippen LogP contribution in [0, 0.1) is 0 Å². The predicted molar refractivity (Wildman–Crippen MR) is 61.7 cm³/mol. The zero-order valence-electron chi connectivity index (χ0n) is 8.45. The first kappa shape index (κ1) is 12.9. The first-order chi connectivity index (χ1) is 6.15. The maximum atomic E-state index is 10.5. The van der Waals surface area contributed by atoms with Crippen molar-refractivity contribution in [2.45, 2.75) is 40.0 Å². The normalized spacial score (nSPS) is 12.0. The lowest BCUT2D eigenvalue weighted by atomic mass is 9.97. The van der Waals surface area contributed by atoms with Gasteiger partial charge >= 0.3 is 0 Å². The number of hydrogen-bond donors (Lipinski definition) is 0. The molecule has 0 spiro atoms. The van der Waals surface area contributed by atoms with E-state index >= 15 is 0 Å². The molecule has 0 radical (unpaired) electrons. The van der Waals surface area contributed by atoms with E-state index in [1.54, 1.807) is 0 Å². The molecule has 1 atom stereocenters. The molecule has 0 aliphatic carbocycles. The second-order valence-electron chi connectivity index (χ2n) is 3.75. The molecule has 0 aliphatic rings. The molecule has 0 aromatic heterocycles. The molecule has 0 fully saturated rings. The summed E-state index contributed by atoms with van der Waals surface area (Å²) in [7, 11) is 0. The van der Waals surface area contributed by atoms with Crippen molar-refractivity contribution in [1.29, 1.82) is 0 Å². The number of rotatable bonds is 3. The maximum absolute atomic E-state index is 10.5. The van der Waals surface area contributed by atoms with Crippen LogP contribution in [0.3, 0.4) is 0 Å². The van der Waals surface area contributed by atoms with Gasteiger partial charge in [-0.2, -0.15) is 0 Å². The molecule has 1 aromatic carbocycles. The van der Waals surface area contributed by atoms with Crippen LogP contribution in [0.2, 0.25) is 0 Å². The summed E-state index contributed by atoms with van der Waals surface area (Å²) in [6, 6.07) is 8.27. The fourth-order valence-corrected chi connectivity index (χ4v) is 1.26. The zero-order chi connectivity index (χ0) is 9.84. The van der Waals surface area contributed by atoms with Crippen molar-refractivity contribution in [2.24, 2.45) is 0 Å². The van der Waals surface area contributed by atoms with Crippen molar-refractivity contribution < 1.29 is 4.79 Å². The molecule has 1 aromatic rings. The largest absolute Gasteiger partial charge is 0.303 e. The highest BCUT2D eigenvalue weighted by Crippen LogP contribution is 2.18. The van der Waals surface area contributed by atoms with Gasteiger partial charge in [-0.1, -0.05) is 52.5 Å². The summed E-state index contributed by atoms with van der Waals surface area (Å²) in [5.74, 6) is 0.571. The van der Waals surface area contributed by atoms with Gasteiger partial charge in [0.1, 0.15) is 6.29 Å². The Hall–Kier alpha value is -1.11. The highest BCUT2D eigenvalue weighted by Gasteiger charge is 2.04. The lowest BCUT2D eigenvalue weighted by molar-refractivity contribution is -0.108. The Morgan fingerprint density at radius 1 is 1.00 bits per heavy atom. The van der Waals surface area contributed by atoms with Gasteiger partial charge in [-0.15, -0.1) is 0 Å². The lowest BCUT2D eigenvalue weighted by Crippen LogP contribution is -1.95. The van der Waals surface area contributed by atoms with Crippen LogP contribution in [0.4, 0.5) is 0 Å². The fourth-order valence-electron chi connectivity index (χ4n) is 1.26. The van der Waals surface area contributed by atoms with Crippen LogP contribution in [0.15, 0.2) is 24.3 Å². The molecule has 0 N–H and O–H groups in total. The molecule has 0 saturated carbocycles. The van der Waals surface area contributed by atoms with Crippen molar-refractivity contribution in [2.75, 3.05) is 0 Å². The zero-order valence-corrected chi connectivity index (χ0v) is 8.45. The minimum Gasteiger partial charge on any atom is -0.303 e. The average molecular weight is 192 g/mol. The standard InChI is InChI=1S/C12H16O.CH4/c1-9(2)11-4-6-12(7-5-11)10(3)8-13;/h4-10H,1-3H3;1H4. The molecule has 1 unspecified atom stereocenters. The van der Waals surface area contributed by atoms with E-state index < -0.39 is 0 Å². The van der Waals surface area contributed by atoms with Crippen LogP contribution in [-0.4, -0.2) is 6.29 Å². The molecular formula is C13H20O. The first-order valence-electron chi connectivity index (χ1n) is 4.70. The fraction of sp³-hybridized carbons (Fsp3) is 0.462. The quantitative estimate of drug-likeness (QED) is 0.667. The molecule has 14 heavy (non-hydrogen) atoms. The van der Waals surface area contributed by atoms with Crippen LogP contribution in [-0.2, 0) is 4.79 Å². The van der Waals surface area contributed by atoms with Crippen LogP contribution >= 0.6 is 0 Å². The molecule has 0 saturated heterocycles. The van der Waals surface area contributed by atoms with Gasteiger partial charge in [-0.05, 0) is 17.0 Å². The molecule has 0 aliphatic heterocycles. The van der Waals surface area contributed by atoms with Gasteiger partial charge in [-0.25, -0.2) is 0 Å². The molecule has 0 heterocycles. The minimum atomic E-state index is 0. The highest BCUT2D eigenvalue weighted by molar-refractivity contribution is 5.61. The SMILES string of the molecule is C.CC(C)c1ccc(C(C)C=O)cc1. The molecule has 0 amide bonds. The van der Waals surface area contributed by atoms with Crippen molar-refractivity contribution >= 4 is 6.29 Å². The summed E-state index contributed by atoms with van der Waals surface area (Å²) in [5, 5.41) is 0. The lowest BCUT2D eigenvalue weighted by Gasteiger charge is -2.08. The van der Waals surface area contributed by atoms with Gasteiger partial charge < -0.3 is 4.79 Å². The molecule has 1 heteroatoms. The Balaban J connectivity index is 0.00000169. The first-order valence-corrected chi connectivity index (χ1v) is 4.70. The second kappa shape index (κ2) is 5.58. The van der Waals surface area contributed by atoms with E-state index in [0.29, 0.717) is 5.92 Å². The monoisotopic (exact) mass is 192 g/mol. The molecular weight excluding hydrogens is 172 g/mol. The summed E-state index contributed by atoms with van der Waals surface area (Å²) in [4.78, 5) is 10.5. The topological polar surface area (TPSA) is 17.1 Å². The number of carbonyl (C=O) groups excluding carboxylic acids is 1. The Bertz CT molecular complexity index is 272. The Labute approximate surface area is 87.2 Å². The van der Waals surface area contributed by atoms with Crippen molar-refractivity contribution in [1.82, 2.24) is 0 Å². The van der Waals surface area contributed by atoms with Crippen LogP contribution in [0.1, 0.15) is 51.2 Å². The Morgan fingerprint density at radius 2 is 1.43 bits per heavy atom. The van der Waals surface area contributed by atoms with E-state index in [4.69, 9.17) is 0 Å². The Kier molecular flexibility index (Phi) is 5.14. The van der Waals surface area contributed by atoms with E-state index in [-0.39, 0.29) is 13.3 Å². The van der Waals surface area contributed by atoms with Gasteiger partial charge in [0.05, 0.1) is 0 Å². The second-order valence-corrected chi connectivity index (χ2v) is 3.75. The number of aldehydes is 1. The van der Waals surface area contributed by atoms with E-state index in [1.807, 2.05) is 19.1 Å². The molecule has 78 valence electrons. The summed E-state index contributed by atoms with van der Waals surface area (Å²) >= 11 is 0. The summed E-state index contributed by atoms with van der Waals surface area (Å²) in [5.41, 5.74) is 2.42. The minimum absolute atomic E-state index is 0. The van der Waals surface area contributed by atoms with Gasteiger partial charge in [0.15, 0.2) is 0 Å². The number of carbonyl (C=O) groups is 1. The third-order valence-electron chi connectivity index (χ3n) is 2.33. The van der Waals surface area contributed by atoms with Crippen molar-refractivity contribution in [3.8, 4) is 0 Å². The van der Waals surface area contributed by atoms with Gasteiger partial charge in [0, 0.05) is 5.92 Å². The van der Waals surface area contributed by atoms with Crippen LogP contribution in [0.25, 0.3) is 0 Å². The molecule has 0 bridgehead atoms. The number of benzene rings is 1. The molecule has 1 rings (SSSR count). The predicted octanol–water partition coefficient (Wildman–Crippen LogP) is 3.75.